The van der Waals surface area contributed by atoms with Gasteiger partial charge < -0.3 is 24.7 Å². The number of rotatable bonds is 10. The molecular weight excluding hydrogens is 480 g/mol. The summed E-state index contributed by atoms with van der Waals surface area (Å²) in [5.41, 5.74) is 3.92. The lowest BCUT2D eigenvalue weighted by Gasteiger charge is -2.15. The lowest BCUT2D eigenvalue weighted by molar-refractivity contribution is 0.0917. The molecule has 0 aliphatic heterocycles. The summed E-state index contributed by atoms with van der Waals surface area (Å²) in [6.07, 6.45) is 5.42. The van der Waals surface area contributed by atoms with Crippen molar-refractivity contribution >= 4 is 17.4 Å². The molecule has 1 amide bonds. The van der Waals surface area contributed by atoms with Crippen LogP contribution in [-0.2, 0) is 18.3 Å². The molecule has 0 aliphatic carbocycles. The van der Waals surface area contributed by atoms with E-state index in [2.05, 4.69) is 37.1 Å². The van der Waals surface area contributed by atoms with Gasteiger partial charge in [0.2, 0.25) is 0 Å². The molecular formula is C29H32N6O3. The van der Waals surface area contributed by atoms with Gasteiger partial charge in [-0.3, -0.25) is 9.48 Å². The Hall–Kier alpha value is -4.55. The van der Waals surface area contributed by atoms with Crippen LogP contribution in [0.1, 0.15) is 34.1 Å². The van der Waals surface area contributed by atoms with Crippen LogP contribution >= 0.6 is 0 Å². The quantitative estimate of drug-likeness (QED) is 0.311. The van der Waals surface area contributed by atoms with Crippen LogP contribution in [0.25, 0.3) is 0 Å². The van der Waals surface area contributed by atoms with Crippen molar-refractivity contribution in [1.82, 2.24) is 19.3 Å². The number of benzene rings is 2. The third kappa shape index (κ3) is 7.72. The molecule has 0 spiro atoms. The molecule has 2 aromatic heterocycles. The Bertz CT molecular complexity index is 1450. The second-order valence-corrected chi connectivity index (χ2v) is 8.97. The number of aryl methyl sites for hydroxylation is 2. The molecule has 4 rings (SSSR count). The first-order valence-electron chi connectivity index (χ1n) is 12.3. The second kappa shape index (κ2) is 12.6. The number of nitrogens with one attached hydrogen (secondary N) is 2. The van der Waals surface area contributed by atoms with Gasteiger partial charge in [-0.2, -0.15) is 5.10 Å². The number of anilines is 2. The summed E-state index contributed by atoms with van der Waals surface area (Å²) in [7, 11) is 3.41. The maximum Gasteiger partial charge on any atom is 0.257 e. The molecule has 0 unspecified atom stereocenters. The number of amides is 1. The minimum atomic E-state index is -0.295. The largest absolute Gasteiger partial charge is 0.488 e. The predicted octanol–water partition coefficient (Wildman–Crippen LogP) is 4.10. The first kappa shape index (κ1) is 26.5. The van der Waals surface area contributed by atoms with Gasteiger partial charge in [0, 0.05) is 68.1 Å². The van der Waals surface area contributed by atoms with Crippen molar-refractivity contribution in [3.63, 3.8) is 0 Å². The zero-order chi connectivity index (χ0) is 26.9. The van der Waals surface area contributed by atoms with Gasteiger partial charge in [-0.15, -0.1) is 0 Å². The summed E-state index contributed by atoms with van der Waals surface area (Å²) >= 11 is 0. The molecule has 4 aromatic rings. The van der Waals surface area contributed by atoms with Crippen LogP contribution in [0.15, 0.2) is 67.3 Å². The van der Waals surface area contributed by atoms with E-state index >= 15 is 0 Å². The van der Waals surface area contributed by atoms with Gasteiger partial charge >= 0.3 is 0 Å². The van der Waals surface area contributed by atoms with Gasteiger partial charge in [0.25, 0.3) is 5.91 Å². The van der Waals surface area contributed by atoms with Crippen molar-refractivity contribution in [1.29, 1.82) is 0 Å². The molecule has 2 heterocycles. The molecule has 1 atom stereocenters. The average Bonchev–Trinajstić information content (AvgIpc) is 3.50. The van der Waals surface area contributed by atoms with Crippen LogP contribution in [0.4, 0.5) is 11.5 Å². The van der Waals surface area contributed by atoms with Gasteiger partial charge in [0.15, 0.2) is 5.82 Å². The minimum absolute atomic E-state index is 0.191. The number of carbonyl (C=O) groups excluding carboxylic acids is 1. The van der Waals surface area contributed by atoms with Gasteiger partial charge in [0.1, 0.15) is 11.9 Å². The Kier molecular flexibility index (Phi) is 8.80. The number of carbonyl (C=O) groups is 1. The molecule has 196 valence electrons. The fourth-order valence-electron chi connectivity index (χ4n) is 3.82. The monoisotopic (exact) mass is 512 g/mol. The van der Waals surface area contributed by atoms with Crippen LogP contribution in [-0.4, -0.2) is 51.6 Å². The molecule has 2 aromatic carbocycles. The van der Waals surface area contributed by atoms with Gasteiger partial charge in [0.05, 0.1) is 18.6 Å². The standard InChI is InChI=1S/C29H32N6O3/c1-21-18-35(20-31-21)13-11-30-26-7-5-6-23(15-26)8-9-24-14-25(17-27(16-24)38-22(2)19-37-4)29(36)32-28-10-12-34(3)33-28/h5-7,10,12,14-18,20,22,30H,11,13,19H2,1-4H3,(H,32,33,36)/t22-/m0/s1. The number of methoxy groups -OCH3 is 1. The lowest BCUT2D eigenvalue weighted by Crippen LogP contribution is -2.19. The first-order chi connectivity index (χ1) is 18.4. The third-order valence-corrected chi connectivity index (χ3v) is 5.54. The predicted molar refractivity (Wildman–Crippen MR) is 147 cm³/mol. The lowest BCUT2D eigenvalue weighted by atomic mass is 10.1. The molecule has 0 radical (unpaired) electrons. The Morgan fingerprint density at radius 2 is 1.97 bits per heavy atom. The highest BCUT2D eigenvalue weighted by Crippen LogP contribution is 2.20. The van der Waals surface area contributed by atoms with Gasteiger partial charge in [-0.05, 0) is 50.2 Å². The summed E-state index contributed by atoms with van der Waals surface area (Å²) < 4.78 is 14.8. The van der Waals surface area contributed by atoms with E-state index in [9.17, 15) is 4.79 Å². The Morgan fingerprint density at radius 3 is 2.71 bits per heavy atom. The maximum absolute atomic E-state index is 13.0. The van der Waals surface area contributed by atoms with Crippen LogP contribution in [0.3, 0.4) is 0 Å². The zero-order valence-corrected chi connectivity index (χ0v) is 22.1. The molecule has 0 saturated heterocycles. The summed E-state index contributed by atoms with van der Waals surface area (Å²) in [5, 5.41) is 10.5. The Morgan fingerprint density at radius 1 is 1.13 bits per heavy atom. The molecule has 9 heteroatoms. The van der Waals surface area contributed by atoms with Gasteiger partial charge in [-0.25, -0.2) is 4.98 Å². The summed E-state index contributed by atoms with van der Waals surface area (Å²) in [6.45, 7) is 5.88. The minimum Gasteiger partial charge on any atom is -0.488 e. The molecule has 0 aliphatic rings. The highest BCUT2D eigenvalue weighted by atomic mass is 16.5. The van der Waals surface area contributed by atoms with Crippen molar-refractivity contribution in [2.24, 2.45) is 7.05 Å². The Labute approximate surface area is 222 Å². The van der Waals surface area contributed by atoms with Crippen molar-refractivity contribution in [3.8, 4) is 17.6 Å². The Balaban J connectivity index is 1.50. The first-order valence-corrected chi connectivity index (χ1v) is 12.3. The smallest absolute Gasteiger partial charge is 0.257 e. The van der Waals surface area contributed by atoms with Crippen molar-refractivity contribution in [2.75, 3.05) is 30.9 Å². The summed E-state index contributed by atoms with van der Waals surface area (Å²) in [5.74, 6) is 7.10. The fraction of sp³-hybridized carbons (Fsp3) is 0.276. The number of hydrogen-bond acceptors (Lipinski definition) is 6. The fourth-order valence-corrected chi connectivity index (χ4v) is 3.82. The SMILES string of the molecule is COC[C@H](C)Oc1cc(C#Cc2cccc(NCCn3cnc(C)c3)c2)cc(C(=O)Nc2ccn(C)n2)c1. The van der Waals surface area contributed by atoms with E-state index in [0.29, 0.717) is 29.3 Å². The molecule has 38 heavy (non-hydrogen) atoms. The molecule has 0 saturated carbocycles. The number of ether oxygens (including phenoxy) is 2. The maximum atomic E-state index is 13.0. The highest BCUT2D eigenvalue weighted by molar-refractivity contribution is 6.04. The van der Waals surface area contributed by atoms with Crippen molar-refractivity contribution in [2.45, 2.75) is 26.5 Å². The average molecular weight is 513 g/mol. The van der Waals surface area contributed by atoms with E-state index < -0.39 is 0 Å². The highest BCUT2D eigenvalue weighted by Gasteiger charge is 2.12. The topological polar surface area (TPSA) is 95.2 Å². The van der Waals surface area contributed by atoms with E-state index in [0.717, 1.165) is 30.0 Å². The number of hydrogen-bond donors (Lipinski definition) is 2. The number of aromatic nitrogens is 4. The molecule has 0 fully saturated rings. The van der Waals surface area contributed by atoms with E-state index in [1.165, 1.54) is 0 Å². The summed E-state index contributed by atoms with van der Waals surface area (Å²) in [6, 6.07) is 14.9. The van der Waals surface area contributed by atoms with Gasteiger partial charge in [-0.1, -0.05) is 17.9 Å². The normalized spacial score (nSPS) is 11.4. The van der Waals surface area contributed by atoms with Crippen LogP contribution in [0.2, 0.25) is 0 Å². The third-order valence-electron chi connectivity index (χ3n) is 5.54. The second-order valence-electron chi connectivity index (χ2n) is 8.97. The molecule has 9 nitrogen and oxygen atoms in total. The van der Waals surface area contributed by atoms with Crippen molar-refractivity contribution in [3.05, 3.63) is 89.6 Å². The van der Waals surface area contributed by atoms with Crippen LogP contribution in [0.5, 0.6) is 5.75 Å². The van der Waals surface area contributed by atoms with Crippen LogP contribution < -0.4 is 15.4 Å². The van der Waals surface area contributed by atoms with E-state index in [1.54, 1.807) is 43.2 Å². The van der Waals surface area contributed by atoms with E-state index in [-0.39, 0.29) is 12.0 Å². The van der Waals surface area contributed by atoms with E-state index in [4.69, 9.17) is 9.47 Å². The molecule has 0 bridgehead atoms. The van der Waals surface area contributed by atoms with Crippen molar-refractivity contribution < 1.29 is 14.3 Å². The number of nitrogens with zero attached hydrogens (tertiary/aromatic N) is 4. The van der Waals surface area contributed by atoms with E-state index in [1.807, 2.05) is 56.7 Å². The molecule has 2 N–H and O–H groups in total. The summed E-state index contributed by atoms with van der Waals surface area (Å²) in [4.78, 5) is 17.2. The number of imidazole rings is 1. The van der Waals surface area contributed by atoms with Crippen LogP contribution in [0, 0.1) is 18.8 Å². The zero-order valence-electron chi connectivity index (χ0n) is 22.1.